The summed E-state index contributed by atoms with van der Waals surface area (Å²) in [6.07, 6.45) is 82.2. The summed E-state index contributed by atoms with van der Waals surface area (Å²) in [6, 6.07) is 0. The lowest BCUT2D eigenvalue weighted by molar-refractivity contribution is -0.163. The third-order valence-electron chi connectivity index (χ3n) is 13.7. The molecule has 0 aliphatic carbocycles. The van der Waals surface area contributed by atoms with Gasteiger partial charge in [-0.2, -0.15) is 0 Å². The highest BCUT2D eigenvalue weighted by atomic mass is 16.6. The first-order chi connectivity index (χ1) is 35.6. The summed E-state index contributed by atoms with van der Waals surface area (Å²) in [7, 11) is 0. The van der Waals surface area contributed by atoms with Crippen molar-refractivity contribution in [2.24, 2.45) is 0 Å². The van der Waals surface area contributed by atoms with Crippen LogP contribution in [0.2, 0.25) is 0 Å². The molecule has 72 heavy (non-hydrogen) atoms. The highest BCUT2D eigenvalue weighted by molar-refractivity contribution is 5.70. The second kappa shape index (κ2) is 62.6. The van der Waals surface area contributed by atoms with Gasteiger partial charge in [-0.05, 0) is 89.9 Å². The van der Waals surface area contributed by atoms with Crippen molar-refractivity contribution in [3.8, 4) is 0 Å². The average molecular weight is 1010 g/mol. The Morgan fingerprint density at radius 1 is 0.319 bits per heavy atom. The van der Waals surface area contributed by atoms with Gasteiger partial charge in [0.2, 0.25) is 0 Å². The van der Waals surface area contributed by atoms with E-state index in [0.29, 0.717) is 19.4 Å². The van der Waals surface area contributed by atoms with Crippen molar-refractivity contribution < 1.29 is 23.8 Å². The zero-order valence-corrected chi connectivity index (χ0v) is 48.2. The van der Waals surface area contributed by atoms with Crippen molar-refractivity contribution in [1.29, 1.82) is 0 Å². The van der Waals surface area contributed by atoms with Gasteiger partial charge in [-0.25, -0.2) is 0 Å². The first-order valence-corrected chi connectivity index (χ1v) is 31.5. The van der Waals surface area contributed by atoms with Crippen molar-refractivity contribution >= 4 is 11.9 Å². The largest absolute Gasteiger partial charge is 0.462 e. The summed E-state index contributed by atoms with van der Waals surface area (Å²) in [5.74, 6) is -0.401. The number of hydrogen-bond acceptors (Lipinski definition) is 5. The van der Waals surface area contributed by atoms with Crippen LogP contribution in [0, 0.1) is 0 Å². The molecule has 0 heterocycles. The lowest BCUT2D eigenvalue weighted by Crippen LogP contribution is -2.30. The van der Waals surface area contributed by atoms with E-state index in [0.717, 1.165) is 83.5 Å². The fourth-order valence-corrected chi connectivity index (χ4v) is 9.06. The molecular weight excluding hydrogens is 885 g/mol. The molecule has 0 radical (unpaired) electrons. The Kier molecular flexibility index (Phi) is 60.3. The van der Waals surface area contributed by atoms with Crippen LogP contribution in [0.15, 0.2) is 72.9 Å². The van der Waals surface area contributed by atoms with Crippen molar-refractivity contribution in [2.75, 3.05) is 19.8 Å². The van der Waals surface area contributed by atoms with Gasteiger partial charge in [0.15, 0.2) is 6.10 Å². The number of ether oxygens (including phenoxy) is 3. The summed E-state index contributed by atoms with van der Waals surface area (Å²) in [5, 5.41) is 0. The molecule has 0 amide bonds. The number of hydrogen-bond donors (Lipinski definition) is 0. The maximum Gasteiger partial charge on any atom is 0.306 e. The molecule has 0 N–H and O–H groups in total. The summed E-state index contributed by atoms with van der Waals surface area (Å²) in [4.78, 5) is 25.6. The van der Waals surface area contributed by atoms with E-state index in [9.17, 15) is 9.59 Å². The molecule has 5 nitrogen and oxygen atoms in total. The Morgan fingerprint density at radius 3 is 1.03 bits per heavy atom. The van der Waals surface area contributed by atoms with Gasteiger partial charge in [0, 0.05) is 19.4 Å². The highest BCUT2D eigenvalue weighted by Crippen LogP contribution is 2.17. The first-order valence-electron chi connectivity index (χ1n) is 31.5. The molecule has 0 aliphatic rings. The van der Waals surface area contributed by atoms with E-state index in [2.05, 4.69) is 93.7 Å². The van der Waals surface area contributed by atoms with Gasteiger partial charge in [0.25, 0.3) is 0 Å². The molecule has 1 atom stereocenters. The van der Waals surface area contributed by atoms with Crippen LogP contribution in [0.25, 0.3) is 0 Å². The predicted octanol–water partition coefficient (Wildman–Crippen LogP) is 21.8. The molecule has 0 aromatic heterocycles. The van der Waals surface area contributed by atoms with E-state index in [-0.39, 0.29) is 25.2 Å². The smallest absolute Gasteiger partial charge is 0.306 e. The Morgan fingerprint density at radius 2 is 0.625 bits per heavy atom. The Hall–Kier alpha value is -2.66. The molecule has 0 bridgehead atoms. The van der Waals surface area contributed by atoms with Crippen molar-refractivity contribution in [3.63, 3.8) is 0 Å². The standard InChI is InChI=1S/C67H120O5/c1-4-7-10-13-16-19-22-25-28-31-34-36-39-42-45-48-51-54-57-60-66(68)71-64-65(63-70-62-59-56-53-50-47-44-41-38-33-30-27-24-21-18-15-12-9-6-3)72-67(69)61-58-55-52-49-46-43-40-37-35-32-29-26-23-20-17-14-11-8-5-2/h9,12,16,18-19,21,25,27-28,30,34,36,65H,4-8,10-11,13-15,17,20,22-24,26,29,31-33,35,37-64H2,1-3H3/b12-9-,19-16-,21-18-,28-25-,30-27-,36-34-. The first kappa shape index (κ1) is 69.3. The lowest BCUT2D eigenvalue weighted by atomic mass is 10.0. The third kappa shape index (κ3) is 59.9. The summed E-state index contributed by atoms with van der Waals surface area (Å²) < 4.78 is 17.5. The van der Waals surface area contributed by atoms with Gasteiger partial charge in [-0.1, -0.05) is 286 Å². The zero-order chi connectivity index (χ0) is 52.0. The van der Waals surface area contributed by atoms with Gasteiger partial charge < -0.3 is 14.2 Å². The average Bonchev–Trinajstić information content (AvgIpc) is 3.38. The van der Waals surface area contributed by atoms with Gasteiger partial charge in [-0.3, -0.25) is 9.59 Å². The molecule has 0 saturated carbocycles. The molecule has 0 aromatic rings. The van der Waals surface area contributed by atoms with Crippen LogP contribution in [-0.2, 0) is 23.8 Å². The van der Waals surface area contributed by atoms with Gasteiger partial charge >= 0.3 is 11.9 Å². The summed E-state index contributed by atoms with van der Waals surface area (Å²) in [5.41, 5.74) is 0. The molecule has 0 aromatic carbocycles. The fourth-order valence-electron chi connectivity index (χ4n) is 9.06. The maximum atomic E-state index is 12.9. The van der Waals surface area contributed by atoms with Crippen LogP contribution >= 0.6 is 0 Å². The van der Waals surface area contributed by atoms with Gasteiger partial charge in [0.1, 0.15) is 6.61 Å². The van der Waals surface area contributed by atoms with Crippen LogP contribution in [0.3, 0.4) is 0 Å². The SMILES string of the molecule is CC/C=C\C/C=C\C/C=C\CCCCCCCCCCOCC(COC(=O)CCCCCCCC/C=C\C/C=C\C/C=C\CCCCC)OC(=O)CCCCCCCCCCCCCCCCCCCCC. The van der Waals surface area contributed by atoms with Gasteiger partial charge in [-0.15, -0.1) is 0 Å². The molecule has 418 valence electrons. The molecule has 0 aliphatic heterocycles. The minimum Gasteiger partial charge on any atom is -0.462 e. The van der Waals surface area contributed by atoms with Crippen LogP contribution in [0.4, 0.5) is 0 Å². The summed E-state index contributed by atoms with van der Waals surface area (Å²) in [6.45, 7) is 7.71. The number of carbonyl (C=O) groups is 2. The molecule has 5 heteroatoms. The molecule has 1 unspecified atom stereocenters. The Bertz CT molecular complexity index is 1270. The topological polar surface area (TPSA) is 61.8 Å². The minimum absolute atomic E-state index is 0.0764. The van der Waals surface area contributed by atoms with Crippen LogP contribution in [-0.4, -0.2) is 37.9 Å². The van der Waals surface area contributed by atoms with Crippen LogP contribution in [0.1, 0.15) is 316 Å². The summed E-state index contributed by atoms with van der Waals surface area (Å²) >= 11 is 0. The van der Waals surface area contributed by atoms with E-state index >= 15 is 0 Å². The second-order valence-corrected chi connectivity index (χ2v) is 20.9. The van der Waals surface area contributed by atoms with Crippen molar-refractivity contribution in [3.05, 3.63) is 72.9 Å². The van der Waals surface area contributed by atoms with Crippen LogP contribution < -0.4 is 0 Å². The maximum absolute atomic E-state index is 12.9. The fraction of sp³-hybridized carbons (Fsp3) is 0.791. The number of allylic oxidation sites excluding steroid dienone is 12. The monoisotopic (exact) mass is 1000 g/mol. The molecular formula is C67H120O5. The second-order valence-electron chi connectivity index (χ2n) is 20.9. The van der Waals surface area contributed by atoms with E-state index < -0.39 is 6.10 Å². The molecule has 0 rings (SSSR count). The van der Waals surface area contributed by atoms with E-state index in [1.807, 2.05) is 0 Å². The number of unbranched alkanes of at least 4 members (excludes halogenated alkanes) is 35. The Labute approximate surface area is 448 Å². The molecule has 0 fully saturated rings. The quantitative estimate of drug-likeness (QED) is 0.0345. The number of rotatable bonds is 58. The van der Waals surface area contributed by atoms with E-state index in [1.54, 1.807) is 0 Å². The van der Waals surface area contributed by atoms with Crippen molar-refractivity contribution in [1.82, 2.24) is 0 Å². The van der Waals surface area contributed by atoms with Crippen LogP contribution in [0.5, 0.6) is 0 Å². The predicted molar refractivity (Wildman–Crippen MR) is 316 cm³/mol. The van der Waals surface area contributed by atoms with Gasteiger partial charge in [0.05, 0.1) is 6.61 Å². The molecule has 0 saturated heterocycles. The molecule has 0 spiro atoms. The Balaban J connectivity index is 4.29. The number of esters is 2. The third-order valence-corrected chi connectivity index (χ3v) is 13.7. The van der Waals surface area contributed by atoms with Crippen molar-refractivity contribution in [2.45, 2.75) is 322 Å². The normalized spacial score (nSPS) is 12.7. The minimum atomic E-state index is -0.548. The highest BCUT2D eigenvalue weighted by Gasteiger charge is 2.17. The van der Waals surface area contributed by atoms with E-state index in [1.165, 1.54) is 199 Å². The van der Waals surface area contributed by atoms with E-state index in [4.69, 9.17) is 14.2 Å². The zero-order valence-electron chi connectivity index (χ0n) is 48.2. The number of carbonyl (C=O) groups excluding carboxylic acids is 2. The lowest BCUT2D eigenvalue weighted by Gasteiger charge is -2.18.